The fraction of sp³-hybridized carbons (Fsp3) is 0.143. The average Bonchev–Trinajstić information content (AvgIpc) is 2.32. The van der Waals surface area contributed by atoms with Gasteiger partial charge < -0.3 is 5.73 Å². The van der Waals surface area contributed by atoms with Crippen molar-refractivity contribution in [3.8, 4) is 11.1 Å². The molecule has 1 nitrogen and oxygen atoms in total. The number of benzene rings is 2. The van der Waals surface area contributed by atoms with E-state index in [1.54, 1.807) is 6.07 Å². The fourth-order valence-corrected chi connectivity index (χ4v) is 1.80. The van der Waals surface area contributed by atoms with Gasteiger partial charge in [-0.15, -0.1) is 0 Å². The highest BCUT2D eigenvalue weighted by molar-refractivity contribution is 5.68. The van der Waals surface area contributed by atoms with Crippen molar-refractivity contribution in [2.45, 2.75) is 13.5 Å². The van der Waals surface area contributed by atoms with E-state index < -0.39 is 11.6 Å². The molecular formula is C14H13F2N. The summed E-state index contributed by atoms with van der Waals surface area (Å²) >= 11 is 0. The highest BCUT2D eigenvalue weighted by Crippen LogP contribution is 2.26. The second kappa shape index (κ2) is 4.63. The smallest absolute Gasteiger partial charge is 0.159 e. The van der Waals surface area contributed by atoms with Crippen molar-refractivity contribution in [1.29, 1.82) is 0 Å². The normalized spacial score (nSPS) is 10.6. The Morgan fingerprint density at radius 2 is 1.76 bits per heavy atom. The Kier molecular flexibility index (Phi) is 3.20. The van der Waals surface area contributed by atoms with Crippen LogP contribution in [0.3, 0.4) is 0 Å². The molecule has 0 spiro atoms. The lowest BCUT2D eigenvalue weighted by molar-refractivity contribution is 0.509. The van der Waals surface area contributed by atoms with Crippen LogP contribution in [0.25, 0.3) is 11.1 Å². The molecule has 88 valence electrons. The standard InChI is InChI=1S/C14H13F2N/c1-9-2-3-11(8-17)12(6-9)10-4-5-13(15)14(16)7-10/h2-7H,8,17H2,1H3. The highest BCUT2D eigenvalue weighted by atomic mass is 19.2. The molecule has 0 amide bonds. The number of rotatable bonds is 2. The predicted octanol–water partition coefficient (Wildman–Crippen LogP) is 3.40. The van der Waals surface area contributed by atoms with Crippen molar-refractivity contribution >= 4 is 0 Å². The Morgan fingerprint density at radius 3 is 2.41 bits per heavy atom. The summed E-state index contributed by atoms with van der Waals surface area (Å²) in [6, 6.07) is 9.68. The summed E-state index contributed by atoms with van der Waals surface area (Å²) in [4.78, 5) is 0. The second-order valence-electron chi connectivity index (χ2n) is 3.99. The van der Waals surface area contributed by atoms with Crippen LogP contribution in [0, 0.1) is 18.6 Å². The van der Waals surface area contributed by atoms with Gasteiger partial charge in [-0.05, 0) is 35.7 Å². The molecule has 0 atom stereocenters. The summed E-state index contributed by atoms with van der Waals surface area (Å²) in [7, 11) is 0. The van der Waals surface area contributed by atoms with Gasteiger partial charge in [0.25, 0.3) is 0 Å². The maximum atomic E-state index is 13.2. The molecule has 3 heteroatoms. The summed E-state index contributed by atoms with van der Waals surface area (Å²) in [5.41, 5.74) is 9.11. The van der Waals surface area contributed by atoms with Crippen molar-refractivity contribution in [3.63, 3.8) is 0 Å². The molecule has 2 rings (SSSR count). The van der Waals surface area contributed by atoms with Gasteiger partial charge in [-0.1, -0.05) is 29.8 Å². The first-order valence-corrected chi connectivity index (χ1v) is 5.37. The van der Waals surface area contributed by atoms with Crippen LogP contribution in [-0.4, -0.2) is 0 Å². The van der Waals surface area contributed by atoms with E-state index in [4.69, 9.17) is 5.73 Å². The first-order chi connectivity index (χ1) is 8.11. The minimum atomic E-state index is -0.841. The molecule has 0 unspecified atom stereocenters. The molecule has 0 radical (unpaired) electrons. The third-order valence-electron chi connectivity index (χ3n) is 2.72. The van der Waals surface area contributed by atoms with Gasteiger partial charge in [-0.25, -0.2) is 8.78 Å². The van der Waals surface area contributed by atoms with E-state index in [-0.39, 0.29) is 0 Å². The fourth-order valence-electron chi connectivity index (χ4n) is 1.80. The minimum Gasteiger partial charge on any atom is -0.326 e. The van der Waals surface area contributed by atoms with Gasteiger partial charge in [0.05, 0.1) is 0 Å². The monoisotopic (exact) mass is 233 g/mol. The van der Waals surface area contributed by atoms with E-state index in [1.165, 1.54) is 6.07 Å². The minimum absolute atomic E-state index is 0.370. The van der Waals surface area contributed by atoms with Crippen LogP contribution in [0.15, 0.2) is 36.4 Å². The average molecular weight is 233 g/mol. The first kappa shape index (κ1) is 11.7. The van der Waals surface area contributed by atoms with Gasteiger partial charge in [-0.2, -0.15) is 0 Å². The number of nitrogens with two attached hydrogens (primary N) is 1. The molecule has 0 aromatic heterocycles. The molecule has 0 bridgehead atoms. The lowest BCUT2D eigenvalue weighted by atomic mass is 9.97. The molecule has 2 N–H and O–H groups in total. The first-order valence-electron chi connectivity index (χ1n) is 5.37. The molecule has 2 aromatic carbocycles. The van der Waals surface area contributed by atoms with Gasteiger partial charge in [0.15, 0.2) is 11.6 Å². The van der Waals surface area contributed by atoms with E-state index in [9.17, 15) is 8.78 Å². The van der Waals surface area contributed by atoms with Crippen LogP contribution < -0.4 is 5.73 Å². The third kappa shape index (κ3) is 2.34. The Balaban J connectivity index is 2.58. The third-order valence-corrected chi connectivity index (χ3v) is 2.72. The number of hydrogen-bond donors (Lipinski definition) is 1. The predicted molar refractivity (Wildman–Crippen MR) is 64.4 cm³/mol. The van der Waals surface area contributed by atoms with E-state index in [2.05, 4.69) is 0 Å². The van der Waals surface area contributed by atoms with E-state index >= 15 is 0 Å². The summed E-state index contributed by atoms with van der Waals surface area (Å²) in [6.07, 6.45) is 0. The molecular weight excluding hydrogens is 220 g/mol. The molecule has 0 saturated heterocycles. The second-order valence-corrected chi connectivity index (χ2v) is 3.99. The van der Waals surface area contributed by atoms with Crippen molar-refractivity contribution < 1.29 is 8.78 Å². The summed E-state index contributed by atoms with van der Waals surface area (Å²) in [6.45, 7) is 2.32. The molecule has 2 aromatic rings. The van der Waals surface area contributed by atoms with Crippen molar-refractivity contribution in [2.24, 2.45) is 5.73 Å². The molecule has 17 heavy (non-hydrogen) atoms. The van der Waals surface area contributed by atoms with Crippen LogP contribution in [0.2, 0.25) is 0 Å². The molecule has 0 aliphatic heterocycles. The summed E-state index contributed by atoms with van der Waals surface area (Å²) in [5, 5.41) is 0. The zero-order chi connectivity index (χ0) is 12.4. The Morgan fingerprint density at radius 1 is 1.00 bits per heavy atom. The highest BCUT2D eigenvalue weighted by Gasteiger charge is 2.08. The van der Waals surface area contributed by atoms with Gasteiger partial charge in [0.1, 0.15) is 0 Å². The summed E-state index contributed by atoms with van der Waals surface area (Å²) < 4.78 is 26.1. The lowest BCUT2D eigenvalue weighted by Crippen LogP contribution is -1.99. The molecule has 0 fully saturated rings. The van der Waals surface area contributed by atoms with E-state index in [1.807, 2.05) is 25.1 Å². The Hall–Kier alpha value is -1.74. The zero-order valence-corrected chi connectivity index (χ0v) is 9.50. The van der Waals surface area contributed by atoms with Crippen molar-refractivity contribution in [2.75, 3.05) is 0 Å². The topological polar surface area (TPSA) is 26.0 Å². The molecule has 0 heterocycles. The summed E-state index contributed by atoms with van der Waals surface area (Å²) in [5.74, 6) is -1.68. The van der Waals surface area contributed by atoms with Gasteiger partial charge >= 0.3 is 0 Å². The largest absolute Gasteiger partial charge is 0.326 e. The maximum absolute atomic E-state index is 13.2. The zero-order valence-electron chi connectivity index (χ0n) is 9.50. The van der Waals surface area contributed by atoms with Gasteiger partial charge in [-0.3, -0.25) is 0 Å². The van der Waals surface area contributed by atoms with E-state index in [0.29, 0.717) is 12.1 Å². The van der Waals surface area contributed by atoms with Crippen LogP contribution in [0.1, 0.15) is 11.1 Å². The maximum Gasteiger partial charge on any atom is 0.159 e. The van der Waals surface area contributed by atoms with Crippen LogP contribution >= 0.6 is 0 Å². The number of hydrogen-bond acceptors (Lipinski definition) is 1. The number of aryl methyl sites for hydroxylation is 1. The van der Waals surface area contributed by atoms with Gasteiger partial charge in [0, 0.05) is 6.54 Å². The Labute approximate surface area is 98.9 Å². The molecule has 0 saturated carbocycles. The van der Waals surface area contributed by atoms with Crippen molar-refractivity contribution in [3.05, 3.63) is 59.2 Å². The van der Waals surface area contributed by atoms with E-state index in [0.717, 1.165) is 22.8 Å². The van der Waals surface area contributed by atoms with Crippen LogP contribution in [0.5, 0.6) is 0 Å². The molecule has 0 aliphatic rings. The Bertz CT molecular complexity index is 550. The van der Waals surface area contributed by atoms with Crippen LogP contribution in [-0.2, 0) is 6.54 Å². The quantitative estimate of drug-likeness (QED) is 0.845. The lowest BCUT2D eigenvalue weighted by Gasteiger charge is -2.09. The van der Waals surface area contributed by atoms with Crippen LogP contribution in [0.4, 0.5) is 8.78 Å². The number of halogens is 2. The SMILES string of the molecule is Cc1ccc(CN)c(-c2ccc(F)c(F)c2)c1. The molecule has 0 aliphatic carbocycles. The van der Waals surface area contributed by atoms with Crippen molar-refractivity contribution in [1.82, 2.24) is 0 Å². The van der Waals surface area contributed by atoms with Gasteiger partial charge in [0.2, 0.25) is 0 Å².